The molecule has 1 aliphatic heterocycles. The minimum absolute atomic E-state index is 0.131. The topological polar surface area (TPSA) is 50.5 Å². The van der Waals surface area contributed by atoms with Crippen LogP contribution in [-0.2, 0) is 0 Å². The fourth-order valence-corrected chi connectivity index (χ4v) is 4.26. The molecule has 1 atom stereocenters. The molecule has 4 heteroatoms. The first-order chi connectivity index (χ1) is 14.8. The quantitative estimate of drug-likeness (QED) is 0.422. The van der Waals surface area contributed by atoms with Gasteiger partial charge in [-0.15, -0.1) is 0 Å². The number of aryl methyl sites for hydroxylation is 4. The highest BCUT2D eigenvalue weighted by molar-refractivity contribution is 6.10. The third kappa shape index (κ3) is 2.98. The molecule has 4 aromatic rings. The lowest BCUT2D eigenvalue weighted by Gasteiger charge is -2.25. The van der Waals surface area contributed by atoms with Crippen molar-refractivity contribution in [2.45, 2.75) is 33.7 Å². The van der Waals surface area contributed by atoms with Crippen LogP contribution in [-0.4, -0.2) is 5.91 Å². The number of hydrogen-bond acceptors (Lipinski definition) is 3. The number of benzene rings is 3. The minimum atomic E-state index is -0.534. The Labute approximate surface area is 180 Å². The van der Waals surface area contributed by atoms with E-state index in [1.54, 1.807) is 4.90 Å². The van der Waals surface area contributed by atoms with Gasteiger partial charge in [0.2, 0.25) is 5.76 Å². The molecule has 0 radical (unpaired) electrons. The van der Waals surface area contributed by atoms with Crippen molar-refractivity contribution in [3.63, 3.8) is 0 Å². The fourth-order valence-electron chi connectivity index (χ4n) is 4.26. The number of fused-ring (bicyclic) bond motifs is 2. The summed E-state index contributed by atoms with van der Waals surface area (Å²) < 4.78 is 6.09. The molecule has 0 saturated heterocycles. The molecule has 154 valence electrons. The molecule has 0 saturated carbocycles. The van der Waals surface area contributed by atoms with Crippen molar-refractivity contribution in [3.05, 3.63) is 110 Å². The van der Waals surface area contributed by atoms with Gasteiger partial charge >= 0.3 is 0 Å². The summed E-state index contributed by atoms with van der Waals surface area (Å²) in [4.78, 5) is 28.9. The second kappa shape index (κ2) is 6.95. The van der Waals surface area contributed by atoms with Crippen molar-refractivity contribution in [2.75, 3.05) is 4.90 Å². The lowest BCUT2D eigenvalue weighted by Crippen LogP contribution is -2.29. The number of nitrogens with zero attached hydrogens (tertiary/aromatic N) is 1. The van der Waals surface area contributed by atoms with E-state index in [1.807, 2.05) is 88.4 Å². The summed E-state index contributed by atoms with van der Waals surface area (Å²) >= 11 is 0. The van der Waals surface area contributed by atoms with Crippen LogP contribution >= 0.6 is 0 Å². The van der Waals surface area contributed by atoms with Gasteiger partial charge in [-0.2, -0.15) is 0 Å². The van der Waals surface area contributed by atoms with E-state index in [0.29, 0.717) is 16.5 Å². The molecule has 1 aliphatic rings. The molecule has 0 N–H and O–H groups in total. The highest BCUT2D eigenvalue weighted by atomic mass is 16.3. The number of carbonyl (C=O) groups is 1. The van der Waals surface area contributed by atoms with E-state index in [-0.39, 0.29) is 17.1 Å². The van der Waals surface area contributed by atoms with Gasteiger partial charge in [-0.25, -0.2) is 0 Å². The summed E-state index contributed by atoms with van der Waals surface area (Å²) in [5, 5.41) is 0.512. The maximum Gasteiger partial charge on any atom is 0.295 e. The van der Waals surface area contributed by atoms with Crippen LogP contribution in [0.5, 0.6) is 0 Å². The first-order valence-corrected chi connectivity index (χ1v) is 10.4. The van der Waals surface area contributed by atoms with Crippen LogP contribution in [0, 0.1) is 27.7 Å². The maximum absolute atomic E-state index is 13.7. The second-order valence-electron chi connectivity index (χ2n) is 8.43. The van der Waals surface area contributed by atoms with Gasteiger partial charge in [0.05, 0.1) is 17.0 Å². The minimum Gasteiger partial charge on any atom is -0.450 e. The molecule has 0 spiro atoms. The first-order valence-electron chi connectivity index (χ1n) is 10.4. The molecule has 0 bridgehead atoms. The Balaban J connectivity index is 1.82. The van der Waals surface area contributed by atoms with Crippen molar-refractivity contribution in [1.29, 1.82) is 0 Å². The number of rotatable bonds is 2. The summed E-state index contributed by atoms with van der Waals surface area (Å²) in [5.74, 6) is -0.159. The number of hydrogen-bond donors (Lipinski definition) is 0. The van der Waals surface area contributed by atoms with Gasteiger partial charge in [-0.1, -0.05) is 47.5 Å². The molecule has 5 rings (SSSR count). The predicted octanol–water partition coefficient (Wildman–Crippen LogP) is 5.78. The summed E-state index contributed by atoms with van der Waals surface area (Å²) in [5.41, 5.74) is 6.60. The standard InChI is InChI=1S/C27H23NO3/c1-15-5-9-19(10-6-15)24-23-25(29)21-13-17(3)18(4)14-22(21)31-26(23)27(30)28(24)20-11-7-16(2)8-12-20/h5-14,24H,1-4H3. The summed E-state index contributed by atoms with van der Waals surface area (Å²) in [7, 11) is 0. The van der Waals surface area contributed by atoms with Crippen LogP contribution in [0.1, 0.15) is 50.0 Å². The zero-order valence-corrected chi connectivity index (χ0v) is 18.0. The molecule has 3 aromatic carbocycles. The van der Waals surface area contributed by atoms with E-state index >= 15 is 0 Å². The summed E-state index contributed by atoms with van der Waals surface area (Å²) in [6.45, 7) is 7.96. The third-order valence-corrected chi connectivity index (χ3v) is 6.19. The van der Waals surface area contributed by atoms with Gasteiger partial charge in [0.15, 0.2) is 5.43 Å². The van der Waals surface area contributed by atoms with E-state index in [2.05, 4.69) is 0 Å². The molecule has 1 amide bonds. The van der Waals surface area contributed by atoms with Gasteiger partial charge < -0.3 is 4.42 Å². The van der Waals surface area contributed by atoms with Crippen molar-refractivity contribution in [3.8, 4) is 0 Å². The Bertz CT molecular complexity index is 1400. The Morgan fingerprint density at radius 2 is 1.35 bits per heavy atom. The molecule has 4 nitrogen and oxygen atoms in total. The monoisotopic (exact) mass is 409 g/mol. The number of amides is 1. The van der Waals surface area contributed by atoms with E-state index in [9.17, 15) is 9.59 Å². The molecular weight excluding hydrogens is 386 g/mol. The van der Waals surface area contributed by atoms with Crippen LogP contribution in [0.3, 0.4) is 0 Å². The Morgan fingerprint density at radius 3 is 2.00 bits per heavy atom. The first kappa shape index (κ1) is 19.3. The highest BCUT2D eigenvalue weighted by Crippen LogP contribution is 2.41. The smallest absolute Gasteiger partial charge is 0.295 e. The SMILES string of the molecule is Cc1ccc(C2c3c(oc4cc(C)c(C)cc4c3=O)C(=O)N2c2ccc(C)cc2)cc1. The van der Waals surface area contributed by atoms with Gasteiger partial charge in [0.1, 0.15) is 5.58 Å². The number of carbonyl (C=O) groups excluding carboxylic acids is 1. The van der Waals surface area contributed by atoms with Gasteiger partial charge in [-0.05, 0) is 68.7 Å². The van der Waals surface area contributed by atoms with E-state index in [4.69, 9.17) is 4.42 Å². The Kier molecular flexibility index (Phi) is 4.33. The van der Waals surface area contributed by atoms with Crippen LogP contribution in [0.4, 0.5) is 5.69 Å². The predicted molar refractivity (Wildman–Crippen MR) is 123 cm³/mol. The molecule has 0 fully saturated rings. The van der Waals surface area contributed by atoms with Crippen LogP contribution in [0.15, 0.2) is 69.9 Å². The average molecular weight is 409 g/mol. The highest BCUT2D eigenvalue weighted by Gasteiger charge is 2.43. The van der Waals surface area contributed by atoms with Gasteiger partial charge in [0, 0.05) is 5.69 Å². The average Bonchev–Trinajstić information content (AvgIpc) is 3.04. The van der Waals surface area contributed by atoms with Crippen molar-refractivity contribution < 1.29 is 9.21 Å². The largest absolute Gasteiger partial charge is 0.450 e. The van der Waals surface area contributed by atoms with Crippen molar-refractivity contribution >= 4 is 22.6 Å². The Morgan fingerprint density at radius 1 is 0.774 bits per heavy atom. The molecule has 31 heavy (non-hydrogen) atoms. The summed E-state index contributed by atoms with van der Waals surface area (Å²) in [6.07, 6.45) is 0. The van der Waals surface area contributed by atoms with Crippen LogP contribution < -0.4 is 10.3 Å². The summed E-state index contributed by atoms with van der Waals surface area (Å²) in [6, 6.07) is 18.9. The third-order valence-electron chi connectivity index (χ3n) is 6.19. The molecule has 2 heterocycles. The van der Waals surface area contributed by atoms with Gasteiger partial charge in [-0.3, -0.25) is 14.5 Å². The fraction of sp³-hybridized carbons (Fsp3) is 0.185. The van der Waals surface area contributed by atoms with Crippen molar-refractivity contribution in [2.24, 2.45) is 0 Å². The van der Waals surface area contributed by atoms with E-state index < -0.39 is 6.04 Å². The lowest BCUT2D eigenvalue weighted by molar-refractivity contribution is 0.0971. The van der Waals surface area contributed by atoms with E-state index in [1.165, 1.54) is 0 Å². The molecule has 0 aliphatic carbocycles. The van der Waals surface area contributed by atoms with Crippen LogP contribution in [0.25, 0.3) is 11.0 Å². The molecular formula is C27H23NO3. The lowest BCUT2D eigenvalue weighted by atomic mass is 9.96. The molecule has 1 unspecified atom stereocenters. The number of anilines is 1. The Hall–Kier alpha value is -3.66. The van der Waals surface area contributed by atoms with Gasteiger partial charge in [0.25, 0.3) is 5.91 Å². The normalized spacial score (nSPS) is 15.5. The zero-order chi connectivity index (χ0) is 21.9. The molecule has 1 aromatic heterocycles. The van der Waals surface area contributed by atoms with Crippen molar-refractivity contribution in [1.82, 2.24) is 0 Å². The maximum atomic E-state index is 13.7. The van der Waals surface area contributed by atoms with Crippen LogP contribution in [0.2, 0.25) is 0 Å². The second-order valence-corrected chi connectivity index (χ2v) is 8.43. The zero-order valence-electron chi connectivity index (χ0n) is 18.0. The van der Waals surface area contributed by atoms with E-state index in [0.717, 1.165) is 33.5 Å².